The van der Waals surface area contributed by atoms with Crippen LogP contribution in [0.1, 0.15) is 56.6 Å². The monoisotopic (exact) mass is 468 g/mol. The van der Waals surface area contributed by atoms with E-state index in [0.29, 0.717) is 36.9 Å². The van der Waals surface area contributed by atoms with E-state index in [9.17, 15) is 22.8 Å². The van der Waals surface area contributed by atoms with Crippen LogP contribution in [0, 0.1) is 11.8 Å². The molecular weight excluding hydrogens is 437 g/mol. The highest BCUT2D eigenvalue weighted by Gasteiger charge is 2.49. The fraction of sp³-hybridized carbons (Fsp3) is 0.625. The SMILES string of the molecule is CCC[C@H]1[C@H]2C[C@H](CN(C(=O)Cc3ccc(C(F)(F)F)cc3)C2)[C@@H]2CCCC(=O)N21.O=CO. The fourth-order valence-corrected chi connectivity index (χ4v) is 5.74. The first-order valence-corrected chi connectivity index (χ1v) is 11.5. The van der Waals surface area contributed by atoms with Crippen molar-refractivity contribution in [3.8, 4) is 0 Å². The topological polar surface area (TPSA) is 77.9 Å². The minimum Gasteiger partial charge on any atom is -0.483 e. The van der Waals surface area contributed by atoms with Crippen LogP contribution in [-0.2, 0) is 27.0 Å². The molecule has 3 fully saturated rings. The van der Waals surface area contributed by atoms with Crippen molar-refractivity contribution in [3.63, 3.8) is 0 Å². The van der Waals surface area contributed by atoms with Gasteiger partial charge in [0, 0.05) is 31.6 Å². The highest BCUT2D eigenvalue weighted by atomic mass is 19.4. The van der Waals surface area contributed by atoms with Crippen LogP contribution in [0.25, 0.3) is 0 Å². The zero-order valence-corrected chi connectivity index (χ0v) is 18.8. The number of halogens is 3. The summed E-state index contributed by atoms with van der Waals surface area (Å²) in [7, 11) is 0. The van der Waals surface area contributed by atoms with Crippen LogP contribution in [0.4, 0.5) is 13.2 Å². The third-order valence-electron chi connectivity index (χ3n) is 7.07. The van der Waals surface area contributed by atoms with Gasteiger partial charge >= 0.3 is 6.18 Å². The van der Waals surface area contributed by atoms with E-state index in [-0.39, 0.29) is 36.8 Å². The Kier molecular flexibility index (Phi) is 8.02. The maximum absolute atomic E-state index is 13.0. The molecule has 9 heteroatoms. The highest BCUT2D eigenvalue weighted by molar-refractivity contribution is 5.80. The average Bonchev–Trinajstić information content (AvgIpc) is 2.77. The van der Waals surface area contributed by atoms with E-state index < -0.39 is 11.7 Å². The van der Waals surface area contributed by atoms with E-state index in [1.807, 2.05) is 4.90 Å². The van der Waals surface area contributed by atoms with E-state index in [4.69, 9.17) is 9.90 Å². The molecular formula is C24H31F3N2O4. The standard InChI is InChI=1S/C23H29F3N2O2.CH2O2/c1-2-4-19-16-12-17(20-5-3-6-21(29)28(19)20)14-27(13-16)22(30)11-15-7-9-18(10-8-15)23(24,25)26;2-1-3/h7-10,16-17,19-20H,2-6,11-14H2,1H3;1H,(H,2,3)/t16-,17+,19-,20-;/m0./s1. The first kappa shape index (κ1) is 25.1. The minimum atomic E-state index is -4.37. The van der Waals surface area contributed by atoms with Gasteiger partial charge in [0.1, 0.15) is 0 Å². The van der Waals surface area contributed by atoms with Crippen molar-refractivity contribution >= 4 is 18.3 Å². The molecule has 3 heterocycles. The Morgan fingerprint density at radius 2 is 1.82 bits per heavy atom. The molecule has 3 aliphatic rings. The fourth-order valence-electron chi connectivity index (χ4n) is 5.74. The molecule has 0 aliphatic carbocycles. The molecule has 6 nitrogen and oxygen atoms in total. The van der Waals surface area contributed by atoms with Crippen LogP contribution in [0.5, 0.6) is 0 Å². The van der Waals surface area contributed by atoms with Gasteiger partial charge in [0.25, 0.3) is 6.47 Å². The predicted molar refractivity (Wildman–Crippen MR) is 115 cm³/mol. The van der Waals surface area contributed by atoms with E-state index in [1.54, 1.807) is 0 Å². The number of nitrogens with zero attached hydrogens (tertiary/aromatic N) is 2. The second-order valence-corrected chi connectivity index (χ2v) is 9.15. The molecule has 1 N–H and O–H groups in total. The lowest BCUT2D eigenvalue weighted by molar-refractivity contribution is -0.156. The van der Waals surface area contributed by atoms with Gasteiger partial charge < -0.3 is 14.9 Å². The maximum Gasteiger partial charge on any atom is 0.416 e. The van der Waals surface area contributed by atoms with Crippen LogP contribution in [0.15, 0.2) is 24.3 Å². The lowest BCUT2D eigenvalue weighted by Gasteiger charge is -2.56. The summed E-state index contributed by atoms with van der Waals surface area (Å²) in [5.41, 5.74) is -0.0982. The van der Waals surface area contributed by atoms with Gasteiger partial charge in [-0.3, -0.25) is 14.4 Å². The van der Waals surface area contributed by atoms with Crippen LogP contribution >= 0.6 is 0 Å². The summed E-state index contributed by atoms with van der Waals surface area (Å²) in [4.78, 5) is 38.1. The van der Waals surface area contributed by atoms with Crippen molar-refractivity contribution in [3.05, 3.63) is 35.4 Å². The van der Waals surface area contributed by atoms with Gasteiger partial charge in [0.05, 0.1) is 12.0 Å². The van der Waals surface area contributed by atoms with Crippen molar-refractivity contribution in [1.82, 2.24) is 9.80 Å². The van der Waals surface area contributed by atoms with E-state index >= 15 is 0 Å². The number of piperidine rings is 3. The average molecular weight is 469 g/mol. The molecule has 0 saturated carbocycles. The summed E-state index contributed by atoms with van der Waals surface area (Å²) in [6.45, 7) is 3.16. The van der Waals surface area contributed by atoms with Gasteiger partial charge in [-0.25, -0.2) is 0 Å². The number of alkyl halides is 3. The van der Waals surface area contributed by atoms with Crippen molar-refractivity contribution in [2.24, 2.45) is 11.8 Å². The van der Waals surface area contributed by atoms with Gasteiger partial charge in [-0.05, 0) is 55.2 Å². The maximum atomic E-state index is 13.0. The lowest BCUT2D eigenvalue weighted by Crippen LogP contribution is -2.65. The zero-order chi connectivity index (χ0) is 24.2. The second kappa shape index (κ2) is 10.6. The molecule has 2 bridgehead atoms. The van der Waals surface area contributed by atoms with E-state index in [0.717, 1.165) is 44.2 Å². The van der Waals surface area contributed by atoms with Crippen molar-refractivity contribution < 1.29 is 32.7 Å². The second-order valence-electron chi connectivity index (χ2n) is 9.15. The Bertz CT molecular complexity index is 843. The number of fused-ring (bicyclic) bond motifs is 4. The molecule has 1 aromatic carbocycles. The Hall–Kier alpha value is -2.58. The molecule has 33 heavy (non-hydrogen) atoms. The summed E-state index contributed by atoms with van der Waals surface area (Å²) in [6, 6.07) is 5.29. The summed E-state index contributed by atoms with van der Waals surface area (Å²) in [5.74, 6) is 0.829. The number of carboxylic acid groups (broad SMARTS) is 1. The number of amides is 2. The molecule has 0 unspecified atom stereocenters. The normalized spacial score (nSPS) is 26.7. The highest BCUT2D eigenvalue weighted by Crippen LogP contribution is 2.43. The summed E-state index contributed by atoms with van der Waals surface area (Å²) in [5, 5.41) is 6.89. The van der Waals surface area contributed by atoms with Crippen LogP contribution < -0.4 is 0 Å². The first-order valence-electron chi connectivity index (χ1n) is 11.5. The quantitative estimate of drug-likeness (QED) is 0.679. The van der Waals surface area contributed by atoms with Gasteiger partial charge in [-0.2, -0.15) is 13.2 Å². The first-order chi connectivity index (χ1) is 15.7. The summed E-state index contributed by atoms with van der Waals surface area (Å²) < 4.78 is 38.3. The predicted octanol–water partition coefficient (Wildman–Crippen LogP) is 3.98. The molecule has 4 rings (SSSR count). The Morgan fingerprint density at radius 3 is 2.42 bits per heavy atom. The number of carbonyl (C=O) groups excluding carboxylic acids is 2. The smallest absolute Gasteiger partial charge is 0.416 e. The van der Waals surface area contributed by atoms with E-state index in [2.05, 4.69) is 11.8 Å². The Labute approximate surface area is 191 Å². The third-order valence-corrected chi connectivity index (χ3v) is 7.07. The third kappa shape index (κ3) is 5.68. The lowest BCUT2D eigenvalue weighted by atomic mass is 9.71. The molecule has 4 atom stereocenters. The van der Waals surface area contributed by atoms with E-state index in [1.165, 1.54) is 12.1 Å². The number of likely N-dealkylation sites (tertiary alicyclic amines) is 1. The summed E-state index contributed by atoms with van der Waals surface area (Å²) >= 11 is 0. The van der Waals surface area contributed by atoms with Crippen molar-refractivity contribution in [2.75, 3.05) is 13.1 Å². The molecule has 182 valence electrons. The summed E-state index contributed by atoms with van der Waals surface area (Å²) in [6.07, 6.45) is 1.32. The minimum absolute atomic E-state index is 0.0321. The van der Waals surface area contributed by atoms with Crippen molar-refractivity contribution in [2.45, 2.75) is 70.1 Å². The molecule has 0 aromatic heterocycles. The molecule has 3 saturated heterocycles. The number of benzene rings is 1. The Balaban J connectivity index is 0.000000968. The molecule has 3 aliphatic heterocycles. The van der Waals surface area contributed by atoms with Gasteiger partial charge in [0.15, 0.2) is 0 Å². The largest absolute Gasteiger partial charge is 0.483 e. The number of hydrogen-bond donors (Lipinski definition) is 1. The molecule has 0 radical (unpaired) electrons. The number of hydrogen-bond acceptors (Lipinski definition) is 3. The molecule has 0 spiro atoms. The van der Waals surface area contributed by atoms with Crippen LogP contribution in [-0.4, -0.2) is 58.4 Å². The van der Waals surface area contributed by atoms with Gasteiger partial charge in [-0.15, -0.1) is 0 Å². The Morgan fingerprint density at radius 1 is 1.18 bits per heavy atom. The van der Waals surface area contributed by atoms with Crippen molar-refractivity contribution in [1.29, 1.82) is 0 Å². The van der Waals surface area contributed by atoms with Crippen LogP contribution in [0.3, 0.4) is 0 Å². The van der Waals surface area contributed by atoms with Gasteiger partial charge in [0.2, 0.25) is 11.8 Å². The van der Waals surface area contributed by atoms with Crippen LogP contribution in [0.2, 0.25) is 0 Å². The number of rotatable bonds is 4. The zero-order valence-electron chi connectivity index (χ0n) is 18.8. The van der Waals surface area contributed by atoms with Gasteiger partial charge in [-0.1, -0.05) is 25.5 Å². The molecule has 2 amide bonds. The molecule has 1 aromatic rings. The number of carbonyl (C=O) groups is 3.